The first kappa shape index (κ1) is 19.1. The molecule has 1 atom stereocenters. The van der Waals surface area contributed by atoms with E-state index < -0.39 is 23.7 Å². The molecule has 0 radical (unpaired) electrons. The number of hydrogen-bond acceptors (Lipinski definition) is 4. The number of nitrogens with one attached hydrogen (secondary N) is 3. The number of carbonyl (C=O) groups is 2. The molecule has 30 heavy (non-hydrogen) atoms. The summed E-state index contributed by atoms with van der Waals surface area (Å²) >= 11 is 0. The summed E-state index contributed by atoms with van der Waals surface area (Å²) in [5.41, 5.74) is 0.878. The van der Waals surface area contributed by atoms with Gasteiger partial charge in [0.2, 0.25) is 0 Å². The minimum Gasteiger partial charge on any atom is -0.336 e. The summed E-state index contributed by atoms with van der Waals surface area (Å²) in [6.07, 6.45) is 4.63. The average molecular weight is 404 g/mol. The summed E-state index contributed by atoms with van der Waals surface area (Å²) in [4.78, 5) is 25.6. The highest BCUT2D eigenvalue weighted by atomic mass is 19.1. The highest BCUT2D eigenvalue weighted by Crippen LogP contribution is 2.18. The lowest BCUT2D eigenvalue weighted by molar-refractivity contribution is -0.118. The number of amides is 2. The molecule has 0 aliphatic rings. The third-order valence-corrected chi connectivity index (χ3v) is 4.39. The van der Waals surface area contributed by atoms with Gasteiger partial charge in [0.05, 0.1) is 6.20 Å². The topological polar surface area (TPSA) is 105 Å². The van der Waals surface area contributed by atoms with E-state index in [0.717, 1.165) is 6.07 Å². The fraction of sp³-hybridized carbons (Fsp3) is 0.0476. The fourth-order valence-corrected chi connectivity index (χ4v) is 2.94. The van der Waals surface area contributed by atoms with Gasteiger partial charge >= 0.3 is 0 Å². The number of aromatic nitrogens is 4. The number of benzene rings is 2. The van der Waals surface area contributed by atoms with Gasteiger partial charge < -0.3 is 10.6 Å². The van der Waals surface area contributed by atoms with Crippen LogP contribution in [0.3, 0.4) is 0 Å². The Bertz CT molecular complexity index is 1140. The second-order valence-corrected chi connectivity index (χ2v) is 6.39. The van der Waals surface area contributed by atoms with Gasteiger partial charge in [-0.15, -0.1) is 0 Å². The second-order valence-electron chi connectivity index (χ2n) is 6.39. The van der Waals surface area contributed by atoms with E-state index in [2.05, 4.69) is 25.9 Å². The molecule has 3 N–H and O–H groups in total. The Hall–Kier alpha value is -4.27. The van der Waals surface area contributed by atoms with Crippen molar-refractivity contribution < 1.29 is 14.0 Å². The molecule has 4 rings (SSSR count). The van der Waals surface area contributed by atoms with E-state index in [-0.39, 0.29) is 11.3 Å². The van der Waals surface area contributed by atoms with E-state index in [4.69, 9.17) is 0 Å². The third kappa shape index (κ3) is 4.09. The summed E-state index contributed by atoms with van der Waals surface area (Å²) in [7, 11) is 0. The molecule has 2 aromatic heterocycles. The Morgan fingerprint density at radius 2 is 1.87 bits per heavy atom. The van der Waals surface area contributed by atoms with Gasteiger partial charge in [0.25, 0.3) is 11.8 Å². The van der Waals surface area contributed by atoms with Gasteiger partial charge in [0, 0.05) is 24.0 Å². The summed E-state index contributed by atoms with van der Waals surface area (Å²) < 4.78 is 15.9. The van der Waals surface area contributed by atoms with Crippen molar-refractivity contribution in [1.82, 2.24) is 25.3 Å². The molecule has 0 bridgehead atoms. The molecule has 0 aliphatic heterocycles. The standard InChI is InChI=1S/C21H17FN6O2/c22-16-13-15(7-8-17(16)28-12-4-10-24-28)20(29)26-19(14-5-2-1-3-6-14)21(30)25-18-9-11-23-27-18/h1-13,19H,(H,26,29)(H2,23,25,27,30). The van der Waals surface area contributed by atoms with Crippen molar-refractivity contribution in [3.05, 3.63) is 96.2 Å². The van der Waals surface area contributed by atoms with Crippen LogP contribution in [0.4, 0.5) is 10.2 Å². The first-order chi connectivity index (χ1) is 14.6. The Labute approximate surface area is 170 Å². The number of carbonyl (C=O) groups excluding carboxylic acids is 2. The number of hydrogen-bond donors (Lipinski definition) is 3. The van der Waals surface area contributed by atoms with Gasteiger partial charge in [0.15, 0.2) is 0 Å². The van der Waals surface area contributed by atoms with Crippen LogP contribution in [-0.4, -0.2) is 31.8 Å². The van der Waals surface area contributed by atoms with Crippen molar-refractivity contribution in [2.24, 2.45) is 0 Å². The molecule has 0 spiro atoms. The van der Waals surface area contributed by atoms with Crippen LogP contribution < -0.4 is 10.6 Å². The van der Waals surface area contributed by atoms with Gasteiger partial charge in [-0.25, -0.2) is 9.07 Å². The molecule has 0 aliphatic carbocycles. The molecular formula is C21H17FN6O2. The van der Waals surface area contributed by atoms with Crippen molar-refractivity contribution >= 4 is 17.6 Å². The first-order valence-corrected chi connectivity index (χ1v) is 9.07. The van der Waals surface area contributed by atoms with Gasteiger partial charge in [-0.2, -0.15) is 10.2 Å². The van der Waals surface area contributed by atoms with Crippen LogP contribution in [0.25, 0.3) is 5.69 Å². The minimum atomic E-state index is -0.990. The van der Waals surface area contributed by atoms with E-state index in [1.165, 1.54) is 29.2 Å². The summed E-state index contributed by atoms with van der Waals surface area (Å²) in [5, 5.41) is 15.7. The van der Waals surface area contributed by atoms with Crippen molar-refractivity contribution in [2.75, 3.05) is 5.32 Å². The maximum absolute atomic E-state index is 14.5. The predicted molar refractivity (Wildman–Crippen MR) is 107 cm³/mol. The molecule has 2 heterocycles. The van der Waals surface area contributed by atoms with Crippen LogP contribution in [0, 0.1) is 5.82 Å². The van der Waals surface area contributed by atoms with Crippen LogP contribution in [0.2, 0.25) is 0 Å². The Morgan fingerprint density at radius 1 is 1.03 bits per heavy atom. The Kier molecular flexibility index (Phi) is 5.33. The van der Waals surface area contributed by atoms with Crippen LogP contribution in [-0.2, 0) is 4.79 Å². The smallest absolute Gasteiger partial charge is 0.252 e. The highest BCUT2D eigenvalue weighted by Gasteiger charge is 2.24. The van der Waals surface area contributed by atoms with Gasteiger partial charge in [-0.3, -0.25) is 14.7 Å². The zero-order valence-electron chi connectivity index (χ0n) is 15.6. The van der Waals surface area contributed by atoms with Crippen molar-refractivity contribution in [3.8, 4) is 5.69 Å². The van der Waals surface area contributed by atoms with Gasteiger partial charge in [-0.05, 0) is 29.8 Å². The van der Waals surface area contributed by atoms with E-state index in [1.807, 2.05) is 0 Å². The van der Waals surface area contributed by atoms with Crippen LogP contribution in [0.1, 0.15) is 22.0 Å². The molecule has 1 unspecified atom stereocenters. The van der Waals surface area contributed by atoms with Crippen molar-refractivity contribution in [1.29, 1.82) is 0 Å². The fourth-order valence-electron chi connectivity index (χ4n) is 2.94. The molecular weight excluding hydrogens is 387 g/mol. The van der Waals surface area contributed by atoms with E-state index >= 15 is 0 Å². The van der Waals surface area contributed by atoms with Crippen LogP contribution in [0.15, 0.2) is 79.3 Å². The number of anilines is 1. The number of rotatable bonds is 6. The molecule has 8 nitrogen and oxygen atoms in total. The highest BCUT2D eigenvalue weighted by molar-refractivity contribution is 6.01. The molecule has 150 valence electrons. The van der Waals surface area contributed by atoms with Crippen LogP contribution in [0.5, 0.6) is 0 Å². The van der Waals surface area contributed by atoms with E-state index in [9.17, 15) is 14.0 Å². The lowest BCUT2D eigenvalue weighted by Crippen LogP contribution is -2.37. The lowest BCUT2D eigenvalue weighted by Gasteiger charge is -2.18. The SMILES string of the molecule is O=C(NC(C(=O)Nc1ccn[nH]1)c1ccccc1)c1ccc(-n2cccn2)c(F)c1. The molecule has 2 aromatic carbocycles. The zero-order chi connectivity index (χ0) is 20.9. The number of halogens is 1. The number of H-pyrrole nitrogens is 1. The Morgan fingerprint density at radius 3 is 2.53 bits per heavy atom. The van der Waals surface area contributed by atoms with E-state index in [0.29, 0.717) is 11.4 Å². The normalized spacial score (nSPS) is 11.6. The van der Waals surface area contributed by atoms with Crippen molar-refractivity contribution in [2.45, 2.75) is 6.04 Å². The second kappa shape index (κ2) is 8.39. The molecule has 4 aromatic rings. The predicted octanol–water partition coefficient (Wildman–Crippen LogP) is 2.84. The quantitative estimate of drug-likeness (QED) is 0.460. The van der Waals surface area contributed by atoms with Gasteiger partial charge in [0.1, 0.15) is 23.4 Å². The number of nitrogens with zero attached hydrogens (tertiary/aromatic N) is 3. The third-order valence-electron chi connectivity index (χ3n) is 4.39. The lowest BCUT2D eigenvalue weighted by atomic mass is 10.1. The zero-order valence-corrected chi connectivity index (χ0v) is 15.6. The molecule has 0 saturated heterocycles. The maximum Gasteiger partial charge on any atom is 0.252 e. The summed E-state index contributed by atoms with van der Waals surface area (Å²) in [6.45, 7) is 0. The van der Waals surface area contributed by atoms with Crippen molar-refractivity contribution in [3.63, 3.8) is 0 Å². The molecule has 0 saturated carbocycles. The molecule has 0 fully saturated rings. The first-order valence-electron chi connectivity index (χ1n) is 9.07. The Balaban J connectivity index is 1.57. The summed E-state index contributed by atoms with van der Waals surface area (Å²) in [5.74, 6) is -1.27. The minimum absolute atomic E-state index is 0.0821. The summed E-state index contributed by atoms with van der Waals surface area (Å²) in [6, 6.07) is 15.1. The van der Waals surface area contributed by atoms with Crippen LogP contribution >= 0.6 is 0 Å². The largest absolute Gasteiger partial charge is 0.336 e. The average Bonchev–Trinajstić information content (AvgIpc) is 3.46. The maximum atomic E-state index is 14.5. The van der Waals surface area contributed by atoms with E-state index in [1.54, 1.807) is 48.7 Å². The number of aromatic amines is 1. The monoisotopic (exact) mass is 404 g/mol. The molecule has 9 heteroatoms. The molecule has 2 amide bonds. The van der Waals surface area contributed by atoms with Gasteiger partial charge in [-0.1, -0.05) is 30.3 Å².